The van der Waals surface area contributed by atoms with Crippen LogP contribution >= 0.6 is 0 Å². The second-order valence-electron chi connectivity index (χ2n) is 7.06. The SMILES string of the molecule is CC(C)N1[C@@H]2COC[C@H]1C[C@@H](OC(=O)C(CO)c1ccccc1)C2. The molecule has 4 atom stereocenters. The van der Waals surface area contributed by atoms with Crippen molar-refractivity contribution >= 4 is 5.97 Å². The third-order valence-electron chi connectivity index (χ3n) is 5.08. The molecular formula is C19H27NO4. The van der Waals surface area contributed by atoms with Gasteiger partial charge in [-0.3, -0.25) is 9.69 Å². The highest BCUT2D eigenvalue weighted by Crippen LogP contribution is 2.32. The van der Waals surface area contributed by atoms with E-state index in [0.717, 1.165) is 18.4 Å². The summed E-state index contributed by atoms with van der Waals surface area (Å²) in [6, 6.07) is 10.4. The van der Waals surface area contributed by atoms with Crippen molar-refractivity contribution in [3.8, 4) is 0 Å². The highest BCUT2D eigenvalue weighted by Gasteiger charge is 2.42. The van der Waals surface area contributed by atoms with Crippen molar-refractivity contribution < 1.29 is 19.4 Å². The van der Waals surface area contributed by atoms with Crippen molar-refractivity contribution in [1.29, 1.82) is 0 Å². The number of rotatable bonds is 5. The van der Waals surface area contributed by atoms with Crippen LogP contribution in [0.2, 0.25) is 0 Å². The number of morpholine rings is 1. The first-order chi connectivity index (χ1) is 11.6. The number of piperidine rings is 1. The van der Waals surface area contributed by atoms with Gasteiger partial charge in [0.15, 0.2) is 0 Å². The Hall–Kier alpha value is -1.43. The third-order valence-corrected chi connectivity index (χ3v) is 5.08. The molecule has 5 nitrogen and oxygen atoms in total. The minimum Gasteiger partial charge on any atom is -0.462 e. The monoisotopic (exact) mass is 333 g/mol. The third kappa shape index (κ3) is 3.63. The summed E-state index contributed by atoms with van der Waals surface area (Å²) in [5.41, 5.74) is 0.799. The van der Waals surface area contributed by atoms with Crippen LogP contribution in [0.3, 0.4) is 0 Å². The van der Waals surface area contributed by atoms with Gasteiger partial charge in [0.25, 0.3) is 0 Å². The Labute approximate surface area is 143 Å². The molecule has 0 radical (unpaired) electrons. The summed E-state index contributed by atoms with van der Waals surface area (Å²) in [5.74, 6) is -0.934. The second-order valence-corrected chi connectivity index (χ2v) is 7.06. The van der Waals surface area contributed by atoms with E-state index in [1.165, 1.54) is 0 Å². The average Bonchev–Trinajstić information content (AvgIpc) is 2.55. The van der Waals surface area contributed by atoms with E-state index in [4.69, 9.17) is 9.47 Å². The standard InChI is InChI=1S/C19H27NO4/c1-13(2)20-15-8-17(9-16(20)12-23-11-15)24-19(22)18(10-21)14-6-4-3-5-7-14/h3-7,13,15-18,21H,8-12H2,1-2H3/t15-,16+,17-,18?. The van der Waals surface area contributed by atoms with Crippen molar-refractivity contribution in [3.05, 3.63) is 35.9 Å². The lowest BCUT2D eigenvalue weighted by atomic mass is 9.90. The van der Waals surface area contributed by atoms with Gasteiger partial charge in [0.2, 0.25) is 0 Å². The number of fused-ring (bicyclic) bond motifs is 2. The van der Waals surface area contributed by atoms with Crippen LogP contribution in [-0.4, -0.2) is 60.0 Å². The van der Waals surface area contributed by atoms with Crippen LogP contribution in [-0.2, 0) is 14.3 Å². The fourth-order valence-corrected chi connectivity index (χ4v) is 4.08. The summed E-state index contributed by atoms with van der Waals surface area (Å²) in [5, 5.41) is 9.63. The normalized spacial score (nSPS) is 28.6. The van der Waals surface area contributed by atoms with E-state index in [9.17, 15) is 9.90 Å². The van der Waals surface area contributed by atoms with Gasteiger partial charge in [0, 0.05) is 31.0 Å². The van der Waals surface area contributed by atoms with Crippen LogP contribution in [0.4, 0.5) is 0 Å². The molecule has 5 heteroatoms. The molecule has 132 valence electrons. The van der Waals surface area contributed by atoms with Gasteiger partial charge >= 0.3 is 5.97 Å². The molecule has 0 aromatic heterocycles. The minimum atomic E-state index is -0.606. The molecule has 1 N–H and O–H groups in total. The Balaban J connectivity index is 1.65. The molecule has 2 bridgehead atoms. The number of carbonyl (C=O) groups excluding carboxylic acids is 1. The lowest BCUT2D eigenvalue weighted by Gasteiger charge is -2.50. The van der Waals surface area contributed by atoms with E-state index in [0.29, 0.717) is 31.3 Å². The highest BCUT2D eigenvalue weighted by molar-refractivity contribution is 5.78. The van der Waals surface area contributed by atoms with Crippen molar-refractivity contribution in [1.82, 2.24) is 4.90 Å². The summed E-state index contributed by atoms with van der Waals surface area (Å²) >= 11 is 0. The summed E-state index contributed by atoms with van der Waals surface area (Å²) < 4.78 is 11.5. The average molecular weight is 333 g/mol. The predicted molar refractivity (Wildman–Crippen MR) is 90.8 cm³/mol. The zero-order chi connectivity index (χ0) is 17.1. The number of benzene rings is 1. The summed E-state index contributed by atoms with van der Waals surface area (Å²) in [7, 11) is 0. The summed E-state index contributed by atoms with van der Waals surface area (Å²) in [6.07, 6.45) is 1.50. The molecule has 1 aromatic rings. The van der Waals surface area contributed by atoms with Gasteiger partial charge in [0.05, 0.1) is 19.8 Å². The second kappa shape index (κ2) is 7.64. The first-order valence-electron chi connectivity index (χ1n) is 8.81. The minimum absolute atomic E-state index is 0.0934. The van der Waals surface area contributed by atoms with Gasteiger partial charge in [0.1, 0.15) is 12.0 Å². The topological polar surface area (TPSA) is 59.0 Å². The Morgan fingerprint density at radius 3 is 2.42 bits per heavy atom. The molecule has 2 fully saturated rings. The number of hydrogen-bond acceptors (Lipinski definition) is 5. The van der Waals surface area contributed by atoms with E-state index in [-0.39, 0.29) is 18.7 Å². The molecule has 0 saturated carbocycles. The molecule has 1 unspecified atom stereocenters. The van der Waals surface area contributed by atoms with Crippen molar-refractivity contribution in [2.75, 3.05) is 19.8 Å². The molecule has 2 heterocycles. The van der Waals surface area contributed by atoms with Crippen molar-refractivity contribution in [3.63, 3.8) is 0 Å². The van der Waals surface area contributed by atoms with E-state index >= 15 is 0 Å². The van der Waals surface area contributed by atoms with Gasteiger partial charge in [-0.15, -0.1) is 0 Å². The van der Waals surface area contributed by atoms with Crippen LogP contribution in [0.1, 0.15) is 38.2 Å². The molecular weight excluding hydrogens is 306 g/mol. The first-order valence-corrected chi connectivity index (χ1v) is 8.81. The molecule has 24 heavy (non-hydrogen) atoms. The van der Waals surface area contributed by atoms with Crippen LogP contribution in [0, 0.1) is 0 Å². The highest BCUT2D eigenvalue weighted by atomic mass is 16.5. The molecule has 3 rings (SSSR count). The van der Waals surface area contributed by atoms with Crippen molar-refractivity contribution in [2.45, 2.75) is 56.8 Å². The lowest BCUT2D eigenvalue weighted by Crippen LogP contribution is -2.60. The Bertz CT molecular complexity index is 534. The zero-order valence-corrected chi connectivity index (χ0v) is 14.4. The maximum absolute atomic E-state index is 12.6. The molecule has 0 amide bonds. The van der Waals surface area contributed by atoms with Crippen LogP contribution < -0.4 is 0 Å². The van der Waals surface area contributed by atoms with Crippen LogP contribution in [0.25, 0.3) is 0 Å². The van der Waals surface area contributed by atoms with E-state index in [1.54, 1.807) is 0 Å². The largest absolute Gasteiger partial charge is 0.462 e. The zero-order valence-electron chi connectivity index (χ0n) is 14.4. The Morgan fingerprint density at radius 1 is 1.25 bits per heavy atom. The number of aliphatic hydroxyl groups excluding tert-OH is 1. The number of ether oxygens (including phenoxy) is 2. The number of aliphatic hydroxyl groups is 1. The lowest BCUT2D eigenvalue weighted by molar-refractivity contribution is -0.166. The van der Waals surface area contributed by atoms with E-state index in [2.05, 4.69) is 18.7 Å². The molecule has 2 saturated heterocycles. The maximum atomic E-state index is 12.6. The van der Waals surface area contributed by atoms with Gasteiger partial charge in [-0.05, 0) is 19.4 Å². The van der Waals surface area contributed by atoms with E-state index in [1.807, 2.05) is 30.3 Å². The fraction of sp³-hybridized carbons (Fsp3) is 0.632. The molecule has 2 aliphatic heterocycles. The predicted octanol–water partition coefficient (Wildman–Crippen LogP) is 1.95. The Morgan fingerprint density at radius 2 is 1.88 bits per heavy atom. The van der Waals surface area contributed by atoms with Gasteiger partial charge in [-0.2, -0.15) is 0 Å². The Kier molecular flexibility index (Phi) is 5.54. The number of carbonyl (C=O) groups is 1. The van der Waals surface area contributed by atoms with Gasteiger partial charge in [-0.1, -0.05) is 30.3 Å². The number of nitrogens with zero attached hydrogens (tertiary/aromatic N) is 1. The molecule has 1 aromatic carbocycles. The number of esters is 1. The fourth-order valence-electron chi connectivity index (χ4n) is 4.08. The van der Waals surface area contributed by atoms with Gasteiger partial charge in [-0.25, -0.2) is 0 Å². The first kappa shape index (κ1) is 17.4. The smallest absolute Gasteiger partial charge is 0.316 e. The summed E-state index contributed by atoms with van der Waals surface area (Å²) in [6.45, 7) is 5.57. The van der Waals surface area contributed by atoms with Crippen LogP contribution in [0.5, 0.6) is 0 Å². The van der Waals surface area contributed by atoms with E-state index < -0.39 is 5.92 Å². The van der Waals surface area contributed by atoms with Crippen LogP contribution in [0.15, 0.2) is 30.3 Å². The summed E-state index contributed by atoms with van der Waals surface area (Å²) in [4.78, 5) is 15.0. The quantitative estimate of drug-likeness (QED) is 0.835. The molecule has 0 aliphatic carbocycles. The number of hydrogen-bond donors (Lipinski definition) is 1. The van der Waals surface area contributed by atoms with Crippen molar-refractivity contribution in [2.24, 2.45) is 0 Å². The maximum Gasteiger partial charge on any atom is 0.316 e. The molecule has 2 aliphatic rings. The molecule has 0 spiro atoms. The van der Waals surface area contributed by atoms with Gasteiger partial charge < -0.3 is 14.6 Å².